The summed E-state index contributed by atoms with van der Waals surface area (Å²) in [7, 11) is 0. The van der Waals surface area contributed by atoms with Gasteiger partial charge < -0.3 is 5.32 Å². The van der Waals surface area contributed by atoms with Gasteiger partial charge in [0.25, 0.3) is 0 Å². The van der Waals surface area contributed by atoms with Gasteiger partial charge in [-0.3, -0.25) is 4.68 Å². The molecule has 0 aliphatic carbocycles. The van der Waals surface area contributed by atoms with Crippen LogP contribution in [-0.4, -0.2) is 22.9 Å². The first-order chi connectivity index (χ1) is 12.2. The molecule has 3 aromatic rings. The molecule has 0 saturated heterocycles. The van der Waals surface area contributed by atoms with Crippen molar-refractivity contribution in [2.75, 3.05) is 13.1 Å². The molecule has 3 nitrogen and oxygen atoms in total. The van der Waals surface area contributed by atoms with Crippen LogP contribution in [0.2, 0.25) is 5.02 Å². The molecular weight excluding hydrogens is 330 g/mol. The van der Waals surface area contributed by atoms with E-state index < -0.39 is 0 Å². The Morgan fingerprint density at radius 1 is 1.00 bits per heavy atom. The Morgan fingerprint density at radius 2 is 1.72 bits per heavy atom. The molecule has 0 saturated carbocycles. The first kappa shape index (κ1) is 16.4. The number of benzene rings is 2. The average molecular weight is 352 g/mol. The van der Waals surface area contributed by atoms with Crippen LogP contribution in [0.1, 0.15) is 29.8 Å². The molecule has 25 heavy (non-hydrogen) atoms. The largest absolute Gasteiger partial charge is 0.316 e. The molecule has 1 aliphatic heterocycles. The fraction of sp³-hybridized carbons (Fsp3) is 0.286. The van der Waals surface area contributed by atoms with Gasteiger partial charge in [0.1, 0.15) is 0 Å². The summed E-state index contributed by atoms with van der Waals surface area (Å²) in [6.45, 7) is 4.23. The van der Waals surface area contributed by atoms with Gasteiger partial charge in [-0.05, 0) is 37.6 Å². The number of nitrogens with zero attached hydrogens (tertiary/aromatic N) is 2. The predicted octanol–water partition coefficient (Wildman–Crippen LogP) is 4.50. The summed E-state index contributed by atoms with van der Waals surface area (Å²) >= 11 is 6.07. The molecule has 1 aromatic heterocycles. The van der Waals surface area contributed by atoms with Gasteiger partial charge >= 0.3 is 0 Å². The molecule has 2 heterocycles. The Balaban J connectivity index is 1.83. The summed E-state index contributed by atoms with van der Waals surface area (Å²) in [5, 5.41) is 9.33. The lowest BCUT2D eigenvalue weighted by molar-refractivity contribution is 0.535. The van der Waals surface area contributed by atoms with E-state index in [-0.39, 0.29) is 6.04 Å². The van der Waals surface area contributed by atoms with Gasteiger partial charge in [-0.25, -0.2) is 0 Å². The van der Waals surface area contributed by atoms with Crippen molar-refractivity contribution in [3.63, 3.8) is 0 Å². The van der Waals surface area contributed by atoms with Crippen LogP contribution in [0.15, 0.2) is 54.6 Å². The molecule has 1 unspecified atom stereocenters. The highest BCUT2D eigenvalue weighted by atomic mass is 35.5. The minimum absolute atomic E-state index is 0.217. The molecule has 1 atom stereocenters. The Kier molecular flexibility index (Phi) is 4.60. The topological polar surface area (TPSA) is 29.9 Å². The lowest BCUT2D eigenvalue weighted by Crippen LogP contribution is -2.18. The monoisotopic (exact) mass is 351 g/mol. The number of aromatic nitrogens is 2. The van der Waals surface area contributed by atoms with E-state index in [1.807, 2.05) is 12.1 Å². The smallest absolute Gasteiger partial charge is 0.0958 e. The van der Waals surface area contributed by atoms with E-state index in [2.05, 4.69) is 59.4 Å². The van der Waals surface area contributed by atoms with Gasteiger partial charge in [-0.1, -0.05) is 54.1 Å². The van der Waals surface area contributed by atoms with Gasteiger partial charge in [-0.2, -0.15) is 5.10 Å². The molecule has 0 bridgehead atoms. The highest BCUT2D eigenvalue weighted by molar-refractivity contribution is 6.30. The lowest BCUT2D eigenvalue weighted by Gasteiger charge is -2.16. The molecule has 0 radical (unpaired) electrons. The van der Waals surface area contributed by atoms with Crippen molar-refractivity contribution in [3.05, 3.63) is 76.4 Å². The highest BCUT2D eigenvalue weighted by Crippen LogP contribution is 2.31. The number of hydrogen-bond acceptors (Lipinski definition) is 2. The van der Waals surface area contributed by atoms with Crippen molar-refractivity contribution >= 4 is 11.6 Å². The Morgan fingerprint density at radius 3 is 2.48 bits per heavy atom. The molecular formula is C21H22ClN3. The van der Waals surface area contributed by atoms with Crippen LogP contribution in [0.4, 0.5) is 0 Å². The normalized spacial score (nSPS) is 15.4. The Labute approximate surface area is 153 Å². The second-order valence-electron chi connectivity index (χ2n) is 6.56. The summed E-state index contributed by atoms with van der Waals surface area (Å²) in [5.74, 6) is 0. The van der Waals surface area contributed by atoms with Crippen molar-refractivity contribution in [1.82, 2.24) is 15.1 Å². The second-order valence-corrected chi connectivity index (χ2v) is 7.00. The zero-order chi connectivity index (χ0) is 17.2. The fourth-order valence-electron chi connectivity index (χ4n) is 3.61. The summed E-state index contributed by atoms with van der Waals surface area (Å²) in [4.78, 5) is 0. The average Bonchev–Trinajstić information content (AvgIpc) is 2.84. The van der Waals surface area contributed by atoms with E-state index >= 15 is 0 Å². The molecule has 4 heteroatoms. The number of fused-ring (bicyclic) bond motifs is 1. The molecule has 4 rings (SSSR count). The van der Waals surface area contributed by atoms with E-state index in [0.717, 1.165) is 42.2 Å². The number of nitrogens with one attached hydrogen (secondary N) is 1. The zero-order valence-electron chi connectivity index (χ0n) is 14.4. The standard InChI is InChI=1S/C21H22ClN3/c1-15(16-5-3-2-4-6-16)25-20-12-14-23-13-11-19(20)21(24-25)17-7-9-18(22)10-8-17/h2-10,15,23H,11-14H2,1H3. The van der Waals surface area contributed by atoms with Gasteiger partial charge in [0, 0.05) is 34.8 Å². The maximum absolute atomic E-state index is 6.07. The van der Waals surface area contributed by atoms with Crippen molar-refractivity contribution in [2.24, 2.45) is 0 Å². The van der Waals surface area contributed by atoms with Gasteiger partial charge in [0.05, 0.1) is 11.7 Å². The molecule has 0 amide bonds. The predicted molar refractivity (Wildman–Crippen MR) is 103 cm³/mol. The molecule has 0 fully saturated rings. The molecule has 128 valence electrons. The van der Waals surface area contributed by atoms with E-state index in [1.54, 1.807) is 0 Å². The minimum Gasteiger partial charge on any atom is -0.316 e. The van der Waals surface area contributed by atoms with Crippen molar-refractivity contribution in [1.29, 1.82) is 0 Å². The third-order valence-electron chi connectivity index (χ3n) is 4.98. The van der Waals surface area contributed by atoms with Crippen LogP contribution in [0.25, 0.3) is 11.3 Å². The van der Waals surface area contributed by atoms with Gasteiger partial charge in [0.15, 0.2) is 0 Å². The maximum atomic E-state index is 6.07. The van der Waals surface area contributed by atoms with Crippen molar-refractivity contribution in [3.8, 4) is 11.3 Å². The van der Waals surface area contributed by atoms with E-state index in [9.17, 15) is 0 Å². The third-order valence-corrected chi connectivity index (χ3v) is 5.23. The fourth-order valence-corrected chi connectivity index (χ4v) is 3.74. The first-order valence-electron chi connectivity index (χ1n) is 8.86. The van der Waals surface area contributed by atoms with E-state index in [0.29, 0.717) is 0 Å². The number of rotatable bonds is 3. The molecule has 0 spiro atoms. The Hall–Kier alpha value is -2.10. The highest BCUT2D eigenvalue weighted by Gasteiger charge is 2.23. The lowest BCUT2D eigenvalue weighted by atomic mass is 10.0. The van der Waals surface area contributed by atoms with E-state index in [4.69, 9.17) is 16.7 Å². The van der Waals surface area contributed by atoms with Crippen LogP contribution in [0.3, 0.4) is 0 Å². The van der Waals surface area contributed by atoms with Gasteiger partial charge in [-0.15, -0.1) is 0 Å². The first-order valence-corrected chi connectivity index (χ1v) is 9.23. The summed E-state index contributed by atoms with van der Waals surface area (Å²) in [5.41, 5.74) is 6.24. The van der Waals surface area contributed by atoms with E-state index in [1.165, 1.54) is 16.8 Å². The zero-order valence-corrected chi connectivity index (χ0v) is 15.1. The minimum atomic E-state index is 0.217. The van der Waals surface area contributed by atoms with Crippen LogP contribution < -0.4 is 5.32 Å². The quantitative estimate of drug-likeness (QED) is 0.752. The van der Waals surface area contributed by atoms with Crippen LogP contribution in [0, 0.1) is 0 Å². The summed E-state index contributed by atoms with van der Waals surface area (Å²) in [6, 6.07) is 18.8. The molecule has 1 N–H and O–H groups in total. The molecule has 1 aliphatic rings. The van der Waals surface area contributed by atoms with Gasteiger partial charge in [0.2, 0.25) is 0 Å². The Bertz CT molecular complexity index is 853. The van der Waals surface area contributed by atoms with Crippen molar-refractivity contribution in [2.45, 2.75) is 25.8 Å². The number of hydrogen-bond donors (Lipinski definition) is 1. The number of halogens is 1. The van der Waals surface area contributed by atoms with Crippen LogP contribution in [0.5, 0.6) is 0 Å². The summed E-state index contributed by atoms with van der Waals surface area (Å²) in [6.07, 6.45) is 2.02. The SMILES string of the molecule is CC(c1ccccc1)n1nc(-c2ccc(Cl)cc2)c2c1CCNCC2. The maximum Gasteiger partial charge on any atom is 0.0958 e. The molecule has 2 aromatic carbocycles. The second kappa shape index (κ2) is 7.03. The van der Waals surface area contributed by atoms with Crippen molar-refractivity contribution < 1.29 is 0 Å². The van der Waals surface area contributed by atoms with Crippen LogP contribution in [-0.2, 0) is 12.8 Å². The third kappa shape index (κ3) is 3.22. The summed E-state index contributed by atoms with van der Waals surface area (Å²) < 4.78 is 2.22. The van der Waals surface area contributed by atoms with Crippen LogP contribution >= 0.6 is 11.6 Å².